The molecule has 0 saturated heterocycles. The lowest BCUT2D eigenvalue weighted by Crippen LogP contribution is -2.42. The third-order valence-electron chi connectivity index (χ3n) is 2.85. The summed E-state index contributed by atoms with van der Waals surface area (Å²) in [6, 6.07) is 2.18. The van der Waals surface area contributed by atoms with Crippen molar-refractivity contribution < 1.29 is 13.6 Å². The first-order valence-electron chi connectivity index (χ1n) is 6.32. The molecule has 2 unspecified atom stereocenters. The molecule has 2 atom stereocenters. The average Bonchev–Trinajstić information content (AvgIpc) is 2.27. The lowest BCUT2D eigenvalue weighted by molar-refractivity contribution is -0.123. The lowest BCUT2D eigenvalue weighted by Gasteiger charge is -2.19. The highest BCUT2D eigenvalue weighted by atomic mass is 19.1. The number of nitrogens with one attached hydrogen (secondary N) is 1. The highest BCUT2D eigenvalue weighted by molar-refractivity contribution is 5.81. The number of hydrogen-bond acceptors (Lipinski definition) is 2. The Morgan fingerprint density at radius 2 is 1.79 bits per heavy atom. The molecule has 0 spiro atoms. The molecule has 1 rings (SSSR count). The summed E-state index contributed by atoms with van der Waals surface area (Å²) in [5.41, 5.74) is 5.58. The van der Waals surface area contributed by atoms with Crippen LogP contribution in [0.4, 0.5) is 8.78 Å². The molecule has 0 heterocycles. The molecule has 0 aromatic heterocycles. The molecule has 0 fully saturated rings. The molecule has 0 bridgehead atoms. The first-order valence-corrected chi connectivity index (χ1v) is 6.32. The smallest absolute Gasteiger partial charge is 0.237 e. The van der Waals surface area contributed by atoms with Crippen LogP contribution in [0.1, 0.15) is 38.8 Å². The van der Waals surface area contributed by atoms with E-state index in [9.17, 15) is 13.6 Å². The van der Waals surface area contributed by atoms with Crippen LogP contribution in [-0.4, -0.2) is 11.9 Å². The van der Waals surface area contributed by atoms with Gasteiger partial charge in [0.25, 0.3) is 0 Å². The van der Waals surface area contributed by atoms with Gasteiger partial charge in [-0.15, -0.1) is 0 Å². The minimum absolute atomic E-state index is 0.146. The molecule has 0 aliphatic heterocycles. The summed E-state index contributed by atoms with van der Waals surface area (Å²) < 4.78 is 27.1. The Bertz CT molecular complexity index is 429. The molecule has 19 heavy (non-hydrogen) atoms. The zero-order valence-corrected chi connectivity index (χ0v) is 11.4. The van der Waals surface area contributed by atoms with Gasteiger partial charge in [-0.3, -0.25) is 4.79 Å². The Morgan fingerprint density at radius 3 is 2.26 bits per heavy atom. The van der Waals surface area contributed by atoms with E-state index >= 15 is 0 Å². The van der Waals surface area contributed by atoms with Gasteiger partial charge >= 0.3 is 0 Å². The number of amides is 1. The van der Waals surface area contributed by atoms with E-state index in [1.807, 2.05) is 13.8 Å². The maximum absolute atomic E-state index is 13.5. The monoisotopic (exact) mass is 270 g/mol. The Kier molecular flexibility index (Phi) is 5.42. The molecule has 1 aromatic carbocycles. The predicted molar refractivity (Wildman–Crippen MR) is 70.3 cm³/mol. The van der Waals surface area contributed by atoms with Gasteiger partial charge in [0.15, 0.2) is 0 Å². The van der Waals surface area contributed by atoms with Crippen LogP contribution in [0.5, 0.6) is 0 Å². The lowest BCUT2D eigenvalue weighted by atomic mass is 10.0. The molecule has 0 aliphatic carbocycles. The number of carbonyl (C=O) groups excluding carboxylic acids is 1. The summed E-state index contributed by atoms with van der Waals surface area (Å²) in [4.78, 5) is 11.8. The zero-order valence-electron chi connectivity index (χ0n) is 11.4. The van der Waals surface area contributed by atoms with Crippen molar-refractivity contribution in [1.29, 1.82) is 0 Å². The van der Waals surface area contributed by atoms with Crippen LogP contribution in [0.25, 0.3) is 0 Å². The second-order valence-electron chi connectivity index (χ2n) is 5.10. The number of halogens is 2. The summed E-state index contributed by atoms with van der Waals surface area (Å²) >= 11 is 0. The van der Waals surface area contributed by atoms with Crippen molar-refractivity contribution in [3.63, 3.8) is 0 Å². The van der Waals surface area contributed by atoms with Crippen molar-refractivity contribution in [2.24, 2.45) is 11.7 Å². The highest BCUT2D eigenvalue weighted by Crippen LogP contribution is 2.20. The fourth-order valence-corrected chi connectivity index (χ4v) is 1.93. The summed E-state index contributed by atoms with van der Waals surface area (Å²) in [5.74, 6) is -1.47. The van der Waals surface area contributed by atoms with Crippen LogP contribution in [0.3, 0.4) is 0 Å². The van der Waals surface area contributed by atoms with Crippen LogP contribution in [0, 0.1) is 17.6 Å². The summed E-state index contributed by atoms with van der Waals surface area (Å²) in [6.07, 6.45) is 0.526. The van der Waals surface area contributed by atoms with E-state index in [1.165, 1.54) is 13.0 Å². The molecule has 0 saturated carbocycles. The Morgan fingerprint density at radius 1 is 1.26 bits per heavy atom. The molecule has 0 radical (unpaired) electrons. The van der Waals surface area contributed by atoms with Crippen LogP contribution in [-0.2, 0) is 4.79 Å². The molecule has 3 nitrogen and oxygen atoms in total. The fourth-order valence-electron chi connectivity index (χ4n) is 1.93. The molecular formula is C14H20F2N2O. The third-order valence-corrected chi connectivity index (χ3v) is 2.85. The normalized spacial score (nSPS) is 14.3. The number of carbonyl (C=O) groups is 1. The van der Waals surface area contributed by atoms with Crippen molar-refractivity contribution >= 4 is 5.91 Å². The van der Waals surface area contributed by atoms with Gasteiger partial charge in [0.1, 0.15) is 11.6 Å². The molecule has 1 aromatic rings. The molecule has 106 valence electrons. The maximum atomic E-state index is 13.5. The van der Waals surface area contributed by atoms with Crippen molar-refractivity contribution in [2.45, 2.75) is 39.3 Å². The van der Waals surface area contributed by atoms with Crippen LogP contribution >= 0.6 is 0 Å². The SMILES string of the molecule is CC(C)CC(N)C(=O)NC(C)c1c(F)cccc1F. The number of nitrogens with two attached hydrogens (primary N) is 1. The number of hydrogen-bond donors (Lipinski definition) is 2. The van der Waals surface area contributed by atoms with Crippen LogP contribution in [0.15, 0.2) is 18.2 Å². The molecule has 1 amide bonds. The second-order valence-corrected chi connectivity index (χ2v) is 5.10. The van der Waals surface area contributed by atoms with E-state index < -0.39 is 29.6 Å². The van der Waals surface area contributed by atoms with Crippen LogP contribution < -0.4 is 11.1 Å². The Balaban J connectivity index is 2.74. The highest BCUT2D eigenvalue weighted by Gasteiger charge is 2.21. The Labute approximate surface area is 112 Å². The predicted octanol–water partition coefficient (Wildman–Crippen LogP) is 2.52. The largest absolute Gasteiger partial charge is 0.348 e. The van der Waals surface area contributed by atoms with Crippen molar-refractivity contribution in [1.82, 2.24) is 5.32 Å². The van der Waals surface area contributed by atoms with Gasteiger partial charge < -0.3 is 11.1 Å². The van der Waals surface area contributed by atoms with Crippen molar-refractivity contribution in [3.05, 3.63) is 35.4 Å². The minimum Gasteiger partial charge on any atom is -0.348 e. The standard InChI is InChI=1S/C14H20F2N2O/c1-8(2)7-12(17)14(19)18-9(3)13-10(15)5-4-6-11(13)16/h4-6,8-9,12H,7,17H2,1-3H3,(H,18,19). The minimum atomic E-state index is -0.757. The maximum Gasteiger partial charge on any atom is 0.237 e. The van der Waals surface area contributed by atoms with Gasteiger partial charge in [-0.2, -0.15) is 0 Å². The second kappa shape index (κ2) is 6.61. The summed E-state index contributed by atoms with van der Waals surface area (Å²) in [6.45, 7) is 5.43. The van der Waals surface area contributed by atoms with Gasteiger partial charge in [0.05, 0.1) is 12.1 Å². The Hall–Kier alpha value is -1.49. The first-order chi connectivity index (χ1) is 8.82. The van der Waals surface area contributed by atoms with Gasteiger partial charge in [-0.25, -0.2) is 8.78 Å². The van der Waals surface area contributed by atoms with E-state index in [-0.39, 0.29) is 11.5 Å². The van der Waals surface area contributed by atoms with E-state index in [0.717, 1.165) is 12.1 Å². The van der Waals surface area contributed by atoms with Crippen molar-refractivity contribution in [3.8, 4) is 0 Å². The van der Waals surface area contributed by atoms with E-state index in [1.54, 1.807) is 0 Å². The number of rotatable bonds is 5. The van der Waals surface area contributed by atoms with Gasteiger partial charge in [-0.05, 0) is 31.4 Å². The van der Waals surface area contributed by atoms with Crippen LogP contribution in [0.2, 0.25) is 0 Å². The van der Waals surface area contributed by atoms with E-state index in [2.05, 4.69) is 5.32 Å². The summed E-state index contributed by atoms with van der Waals surface area (Å²) in [7, 11) is 0. The van der Waals surface area contributed by atoms with Gasteiger partial charge in [0, 0.05) is 5.56 Å². The topological polar surface area (TPSA) is 55.1 Å². The molecule has 5 heteroatoms. The molecule has 3 N–H and O–H groups in total. The zero-order chi connectivity index (χ0) is 14.6. The van der Waals surface area contributed by atoms with Crippen molar-refractivity contribution in [2.75, 3.05) is 0 Å². The first kappa shape index (κ1) is 15.6. The molecular weight excluding hydrogens is 250 g/mol. The quantitative estimate of drug-likeness (QED) is 0.863. The van der Waals surface area contributed by atoms with Gasteiger partial charge in [-0.1, -0.05) is 19.9 Å². The average molecular weight is 270 g/mol. The molecule has 0 aliphatic rings. The fraction of sp³-hybridized carbons (Fsp3) is 0.500. The van der Waals surface area contributed by atoms with E-state index in [0.29, 0.717) is 6.42 Å². The van der Waals surface area contributed by atoms with E-state index in [4.69, 9.17) is 5.73 Å². The summed E-state index contributed by atoms with van der Waals surface area (Å²) in [5, 5.41) is 2.54. The number of benzene rings is 1. The van der Waals surface area contributed by atoms with Gasteiger partial charge in [0.2, 0.25) is 5.91 Å². The third kappa shape index (κ3) is 4.28.